The summed E-state index contributed by atoms with van der Waals surface area (Å²) in [6.45, 7) is 0. The number of benzene rings is 3. The van der Waals surface area contributed by atoms with Gasteiger partial charge in [-0.3, -0.25) is 15.0 Å². The monoisotopic (exact) mass is 496 g/mol. The van der Waals surface area contributed by atoms with E-state index in [4.69, 9.17) is 9.47 Å². The summed E-state index contributed by atoms with van der Waals surface area (Å²) >= 11 is 0. The molecule has 0 saturated heterocycles. The van der Waals surface area contributed by atoms with Crippen LogP contribution in [0.3, 0.4) is 0 Å². The van der Waals surface area contributed by atoms with E-state index in [0.29, 0.717) is 17.2 Å². The molecule has 0 fully saturated rings. The third-order valence-corrected chi connectivity index (χ3v) is 5.16. The normalized spacial score (nSPS) is 11.0. The van der Waals surface area contributed by atoms with Crippen LogP contribution in [0.15, 0.2) is 99.9 Å². The summed E-state index contributed by atoms with van der Waals surface area (Å²) in [6.07, 6.45) is 3.03. The van der Waals surface area contributed by atoms with Crippen LogP contribution in [0.4, 0.5) is 5.69 Å². The van der Waals surface area contributed by atoms with Gasteiger partial charge < -0.3 is 9.47 Å². The van der Waals surface area contributed by atoms with Crippen molar-refractivity contribution in [2.24, 2.45) is 10.2 Å². The van der Waals surface area contributed by atoms with Crippen LogP contribution in [-0.4, -0.2) is 42.3 Å². The highest BCUT2D eigenvalue weighted by atomic mass is 16.5. The summed E-state index contributed by atoms with van der Waals surface area (Å²) in [5, 5.41) is 12.5. The molecule has 4 aromatic rings. The average Bonchev–Trinajstić information content (AvgIpc) is 2.94. The summed E-state index contributed by atoms with van der Waals surface area (Å²) in [5.74, 6) is 0.795. The molecule has 1 aromatic heterocycles. The molecule has 0 spiro atoms. The molecule has 10 heteroatoms. The molecule has 0 aliphatic rings. The number of hydrazone groups is 2. The SMILES string of the molecule is COc1ccc(/C=N\Nc2cc(=O)n(-c3ccccc3)nc2C(=O)N/N=C/c2ccc(OC)cc2)cc1. The maximum absolute atomic E-state index is 13.0. The number of para-hydroxylation sites is 1. The Morgan fingerprint density at radius 1 is 0.838 bits per heavy atom. The van der Waals surface area contributed by atoms with Crippen molar-refractivity contribution in [1.82, 2.24) is 15.2 Å². The first-order valence-corrected chi connectivity index (χ1v) is 11.2. The number of nitrogens with one attached hydrogen (secondary N) is 2. The van der Waals surface area contributed by atoms with Gasteiger partial charge in [0.15, 0.2) is 5.69 Å². The van der Waals surface area contributed by atoms with E-state index in [1.54, 1.807) is 81.1 Å². The lowest BCUT2D eigenvalue weighted by molar-refractivity contribution is 0.0949. The van der Waals surface area contributed by atoms with Crippen molar-refractivity contribution in [3.8, 4) is 17.2 Å². The summed E-state index contributed by atoms with van der Waals surface area (Å²) in [6, 6.07) is 24.4. The Bertz CT molecular complexity index is 1460. The summed E-state index contributed by atoms with van der Waals surface area (Å²) in [7, 11) is 3.17. The number of hydrogen-bond acceptors (Lipinski definition) is 8. The highest BCUT2D eigenvalue weighted by Crippen LogP contribution is 2.14. The summed E-state index contributed by atoms with van der Waals surface area (Å²) in [5.41, 5.74) is 6.87. The first kappa shape index (κ1) is 24.9. The van der Waals surface area contributed by atoms with Gasteiger partial charge >= 0.3 is 0 Å². The molecule has 1 heterocycles. The minimum Gasteiger partial charge on any atom is -0.497 e. The molecule has 0 radical (unpaired) electrons. The van der Waals surface area contributed by atoms with E-state index in [-0.39, 0.29) is 11.4 Å². The zero-order valence-electron chi connectivity index (χ0n) is 20.2. The smallest absolute Gasteiger partial charge is 0.294 e. The molecule has 10 nitrogen and oxygen atoms in total. The number of rotatable bonds is 9. The summed E-state index contributed by atoms with van der Waals surface area (Å²) in [4.78, 5) is 25.8. The van der Waals surface area contributed by atoms with Gasteiger partial charge in [-0.1, -0.05) is 18.2 Å². The molecule has 2 N–H and O–H groups in total. The maximum atomic E-state index is 13.0. The second kappa shape index (κ2) is 11.9. The van der Waals surface area contributed by atoms with Crippen molar-refractivity contribution < 1.29 is 14.3 Å². The minimum absolute atomic E-state index is 0.0674. The standard InChI is InChI=1S/C27H24N6O4/c1-36-22-12-8-19(9-13-22)17-28-30-24-16-25(34)33(21-6-4-3-5-7-21)32-26(24)27(35)31-29-18-20-10-14-23(37-2)15-11-20/h3-18,30H,1-2H3,(H,31,35)/b28-17-,29-18+. The van der Waals surface area contributed by atoms with E-state index >= 15 is 0 Å². The molecule has 3 aromatic carbocycles. The van der Waals surface area contributed by atoms with E-state index in [1.165, 1.54) is 12.3 Å². The van der Waals surface area contributed by atoms with Gasteiger partial charge in [-0.25, -0.2) is 5.43 Å². The number of hydrogen-bond donors (Lipinski definition) is 2. The number of carbonyl (C=O) groups excluding carboxylic acids is 1. The van der Waals surface area contributed by atoms with Gasteiger partial charge in [-0.15, -0.1) is 0 Å². The van der Waals surface area contributed by atoms with Gasteiger partial charge in [-0.05, 0) is 71.8 Å². The van der Waals surface area contributed by atoms with Gasteiger partial charge in [0.2, 0.25) is 0 Å². The molecule has 0 aliphatic heterocycles. The van der Waals surface area contributed by atoms with Gasteiger partial charge in [0, 0.05) is 6.07 Å². The Hall–Kier alpha value is -5.25. The van der Waals surface area contributed by atoms with Crippen LogP contribution in [0.25, 0.3) is 5.69 Å². The highest BCUT2D eigenvalue weighted by Gasteiger charge is 2.17. The summed E-state index contributed by atoms with van der Waals surface area (Å²) < 4.78 is 11.4. The Morgan fingerprint density at radius 3 is 1.97 bits per heavy atom. The molecule has 0 aliphatic carbocycles. The van der Waals surface area contributed by atoms with Crippen LogP contribution in [-0.2, 0) is 0 Å². The van der Waals surface area contributed by atoms with Crippen molar-refractivity contribution in [2.45, 2.75) is 0 Å². The number of nitrogens with zero attached hydrogens (tertiary/aromatic N) is 4. The topological polar surface area (TPSA) is 119 Å². The Morgan fingerprint density at radius 2 is 1.41 bits per heavy atom. The van der Waals surface area contributed by atoms with E-state index < -0.39 is 11.5 Å². The van der Waals surface area contributed by atoms with Crippen LogP contribution in [0.2, 0.25) is 0 Å². The van der Waals surface area contributed by atoms with Crippen molar-refractivity contribution in [3.05, 3.63) is 112 Å². The number of amides is 1. The van der Waals surface area contributed by atoms with E-state index in [0.717, 1.165) is 15.8 Å². The van der Waals surface area contributed by atoms with Crippen LogP contribution < -0.4 is 25.9 Å². The van der Waals surface area contributed by atoms with Crippen LogP contribution in [0.5, 0.6) is 11.5 Å². The highest BCUT2D eigenvalue weighted by molar-refractivity contribution is 5.98. The fourth-order valence-corrected chi connectivity index (χ4v) is 3.24. The third-order valence-electron chi connectivity index (χ3n) is 5.16. The van der Waals surface area contributed by atoms with Gasteiger partial charge in [0.1, 0.15) is 11.5 Å². The fraction of sp³-hybridized carbons (Fsp3) is 0.0741. The molecule has 186 valence electrons. The third kappa shape index (κ3) is 6.45. The largest absolute Gasteiger partial charge is 0.497 e. The van der Waals surface area contributed by atoms with Gasteiger partial charge in [0.05, 0.1) is 38.0 Å². The number of anilines is 1. The number of aromatic nitrogens is 2. The quantitative estimate of drug-likeness (QED) is 0.271. The lowest BCUT2D eigenvalue weighted by Crippen LogP contribution is -2.28. The fourth-order valence-electron chi connectivity index (χ4n) is 3.24. The van der Waals surface area contributed by atoms with Crippen molar-refractivity contribution >= 4 is 24.0 Å². The molecular weight excluding hydrogens is 472 g/mol. The zero-order valence-corrected chi connectivity index (χ0v) is 20.2. The first-order valence-electron chi connectivity index (χ1n) is 11.2. The zero-order chi connectivity index (χ0) is 26.0. The average molecular weight is 497 g/mol. The van der Waals surface area contributed by atoms with Crippen LogP contribution in [0.1, 0.15) is 21.6 Å². The lowest BCUT2D eigenvalue weighted by atomic mass is 10.2. The van der Waals surface area contributed by atoms with Crippen LogP contribution >= 0.6 is 0 Å². The first-order chi connectivity index (χ1) is 18.1. The van der Waals surface area contributed by atoms with Crippen molar-refractivity contribution in [1.29, 1.82) is 0 Å². The molecule has 37 heavy (non-hydrogen) atoms. The molecule has 0 atom stereocenters. The van der Waals surface area contributed by atoms with Crippen molar-refractivity contribution in [3.63, 3.8) is 0 Å². The molecule has 0 unspecified atom stereocenters. The Balaban J connectivity index is 1.59. The number of carbonyl (C=O) groups is 1. The van der Waals surface area contributed by atoms with Crippen molar-refractivity contribution in [2.75, 3.05) is 19.6 Å². The van der Waals surface area contributed by atoms with Gasteiger partial charge in [-0.2, -0.15) is 20.0 Å². The Labute approximate surface area is 212 Å². The van der Waals surface area contributed by atoms with E-state index in [9.17, 15) is 9.59 Å². The molecule has 0 saturated carbocycles. The van der Waals surface area contributed by atoms with E-state index in [2.05, 4.69) is 26.2 Å². The predicted molar refractivity (Wildman–Crippen MR) is 142 cm³/mol. The maximum Gasteiger partial charge on any atom is 0.294 e. The molecule has 1 amide bonds. The second-order valence-electron chi connectivity index (χ2n) is 7.61. The van der Waals surface area contributed by atoms with Crippen LogP contribution in [0, 0.1) is 0 Å². The molecule has 0 bridgehead atoms. The second-order valence-corrected chi connectivity index (χ2v) is 7.61. The number of methoxy groups -OCH3 is 2. The lowest BCUT2D eigenvalue weighted by Gasteiger charge is -2.10. The predicted octanol–water partition coefficient (Wildman–Crippen LogP) is 3.46. The van der Waals surface area contributed by atoms with Gasteiger partial charge in [0.25, 0.3) is 11.5 Å². The van der Waals surface area contributed by atoms with E-state index in [1.807, 2.05) is 18.2 Å². The molecule has 4 rings (SSSR count). The molecular formula is C27H24N6O4. The minimum atomic E-state index is -0.628. The Kier molecular flexibility index (Phi) is 8.02. The number of ether oxygens (including phenoxy) is 2.